The summed E-state index contributed by atoms with van der Waals surface area (Å²) in [6, 6.07) is 8.39. The Kier molecular flexibility index (Phi) is 6.21. The predicted octanol–water partition coefficient (Wildman–Crippen LogP) is 3.05. The third-order valence-corrected chi connectivity index (χ3v) is 3.91. The van der Waals surface area contributed by atoms with Gasteiger partial charge < -0.3 is 11.1 Å². The quantitative estimate of drug-likeness (QED) is 0.839. The van der Waals surface area contributed by atoms with Gasteiger partial charge in [-0.15, -0.1) is 0 Å². The molecule has 0 heterocycles. The molecule has 0 fully saturated rings. The fraction of sp³-hybridized carbons (Fsp3) is 0.588. The minimum atomic E-state index is -0.175. The average Bonchev–Trinajstić information content (AvgIpc) is 2.43. The molecule has 3 heteroatoms. The first kappa shape index (κ1) is 16.7. The van der Waals surface area contributed by atoms with Crippen LogP contribution in [-0.2, 0) is 11.2 Å². The molecule has 1 aromatic carbocycles. The zero-order valence-electron chi connectivity index (χ0n) is 13.3. The van der Waals surface area contributed by atoms with Gasteiger partial charge in [-0.05, 0) is 30.4 Å². The standard InChI is InChI=1S/C17H28N2O/c1-6-14-7-9-15(10-8-14)16(11(2)3)19-17(20)12(4)13(5)18/h7-13,16H,6,18H2,1-5H3,(H,19,20). The number of benzene rings is 1. The number of nitrogens with two attached hydrogens (primary N) is 1. The van der Waals surface area contributed by atoms with Crippen LogP contribution in [0.2, 0.25) is 0 Å². The second kappa shape index (κ2) is 7.44. The molecule has 0 saturated heterocycles. The SMILES string of the molecule is CCc1ccc(C(NC(=O)C(C)C(C)N)C(C)C)cc1. The Balaban J connectivity index is 2.86. The van der Waals surface area contributed by atoms with E-state index in [0.717, 1.165) is 12.0 Å². The maximum Gasteiger partial charge on any atom is 0.224 e. The van der Waals surface area contributed by atoms with Crippen LogP contribution in [-0.4, -0.2) is 11.9 Å². The second-order valence-corrected chi connectivity index (χ2v) is 5.97. The molecule has 0 saturated carbocycles. The van der Waals surface area contributed by atoms with Crippen LogP contribution in [0.25, 0.3) is 0 Å². The Bertz CT molecular complexity index is 423. The summed E-state index contributed by atoms with van der Waals surface area (Å²) >= 11 is 0. The summed E-state index contributed by atoms with van der Waals surface area (Å²) in [5.74, 6) is 0.191. The van der Waals surface area contributed by atoms with Gasteiger partial charge in [0, 0.05) is 12.0 Å². The zero-order chi connectivity index (χ0) is 15.3. The van der Waals surface area contributed by atoms with Crippen molar-refractivity contribution in [1.82, 2.24) is 5.32 Å². The molecule has 0 spiro atoms. The second-order valence-electron chi connectivity index (χ2n) is 5.97. The van der Waals surface area contributed by atoms with Crippen molar-refractivity contribution in [2.75, 3.05) is 0 Å². The van der Waals surface area contributed by atoms with E-state index in [-0.39, 0.29) is 23.9 Å². The molecule has 3 atom stereocenters. The first-order valence-corrected chi connectivity index (χ1v) is 7.51. The highest BCUT2D eigenvalue weighted by atomic mass is 16.2. The van der Waals surface area contributed by atoms with Gasteiger partial charge in [-0.1, -0.05) is 52.0 Å². The highest BCUT2D eigenvalue weighted by Crippen LogP contribution is 2.23. The van der Waals surface area contributed by atoms with E-state index in [1.54, 1.807) is 0 Å². The van der Waals surface area contributed by atoms with Crippen LogP contribution in [0.3, 0.4) is 0 Å². The van der Waals surface area contributed by atoms with Crippen molar-refractivity contribution in [2.45, 2.75) is 53.1 Å². The first-order valence-electron chi connectivity index (χ1n) is 7.51. The molecule has 0 aliphatic carbocycles. The van der Waals surface area contributed by atoms with E-state index in [9.17, 15) is 4.79 Å². The summed E-state index contributed by atoms with van der Waals surface area (Å²) in [5, 5.41) is 3.13. The molecular weight excluding hydrogens is 248 g/mol. The highest BCUT2D eigenvalue weighted by molar-refractivity contribution is 5.79. The summed E-state index contributed by atoms with van der Waals surface area (Å²) in [7, 11) is 0. The molecule has 20 heavy (non-hydrogen) atoms. The summed E-state index contributed by atoms with van der Waals surface area (Å²) in [6.45, 7) is 10.1. The molecule has 1 rings (SSSR count). The van der Waals surface area contributed by atoms with Gasteiger partial charge in [-0.3, -0.25) is 4.79 Å². The van der Waals surface area contributed by atoms with E-state index >= 15 is 0 Å². The number of nitrogens with one attached hydrogen (secondary N) is 1. The van der Waals surface area contributed by atoms with Gasteiger partial charge in [-0.2, -0.15) is 0 Å². The van der Waals surface area contributed by atoms with Crippen molar-refractivity contribution in [3.63, 3.8) is 0 Å². The Morgan fingerprint density at radius 3 is 2.10 bits per heavy atom. The fourth-order valence-corrected chi connectivity index (χ4v) is 2.12. The van der Waals surface area contributed by atoms with Crippen LogP contribution in [0.15, 0.2) is 24.3 Å². The number of hydrogen-bond acceptors (Lipinski definition) is 2. The van der Waals surface area contributed by atoms with Gasteiger partial charge in [0.05, 0.1) is 6.04 Å². The minimum absolute atomic E-state index is 0.0262. The summed E-state index contributed by atoms with van der Waals surface area (Å²) in [6.07, 6.45) is 1.03. The molecule has 1 aromatic rings. The van der Waals surface area contributed by atoms with E-state index < -0.39 is 0 Å². The summed E-state index contributed by atoms with van der Waals surface area (Å²) in [4.78, 5) is 12.2. The number of hydrogen-bond donors (Lipinski definition) is 2. The smallest absolute Gasteiger partial charge is 0.224 e. The van der Waals surface area contributed by atoms with Crippen molar-refractivity contribution in [3.8, 4) is 0 Å². The Labute approximate surface area is 122 Å². The number of rotatable bonds is 6. The van der Waals surface area contributed by atoms with Crippen LogP contribution < -0.4 is 11.1 Å². The molecule has 0 radical (unpaired) electrons. The molecule has 3 unspecified atom stereocenters. The number of aryl methyl sites for hydroxylation is 1. The molecule has 1 amide bonds. The van der Waals surface area contributed by atoms with Crippen molar-refractivity contribution >= 4 is 5.91 Å². The third-order valence-electron chi connectivity index (χ3n) is 3.91. The zero-order valence-corrected chi connectivity index (χ0v) is 13.3. The Morgan fingerprint density at radius 2 is 1.70 bits per heavy atom. The van der Waals surface area contributed by atoms with E-state index in [4.69, 9.17) is 5.73 Å². The monoisotopic (exact) mass is 276 g/mol. The highest BCUT2D eigenvalue weighted by Gasteiger charge is 2.23. The van der Waals surface area contributed by atoms with E-state index in [1.165, 1.54) is 5.56 Å². The normalized spacial score (nSPS) is 15.8. The van der Waals surface area contributed by atoms with Gasteiger partial charge in [-0.25, -0.2) is 0 Å². The van der Waals surface area contributed by atoms with Crippen LogP contribution in [0.1, 0.15) is 51.8 Å². The number of amides is 1. The third kappa shape index (κ3) is 4.34. The predicted molar refractivity (Wildman–Crippen MR) is 84.4 cm³/mol. The number of carbonyl (C=O) groups excluding carboxylic acids is 1. The van der Waals surface area contributed by atoms with Gasteiger partial charge in [0.2, 0.25) is 5.91 Å². The summed E-state index contributed by atoms with van der Waals surface area (Å²) in [5.41, 5.74) is 8.27. The topological polar surface area (TPSA) is 55.1 Å². The van der Waals surface area contributed by atoms with Crippen molar-refractivity contribution < 1.29 is 4.79 Å². The largest absolute Gasteiger partial charge is 0.349 e. The lowest BCUT2D eigenvalue weighted by atomic mass is 9.93. The van der Waals surface area contributed by atoms with E-state index in [2.05, 4.69) is 50.4 Å². The van der Waals surface area contributed by atoms with Crippen LogP contribution >= 0.6 is 0 Å². The first-order chi connectivity index (χ1) is 9.36. The molecule has 3 N–H and O–H groups in total. The Hall–Kier alpha value is -1.35. The lowest BCUT2D eigenvalue weighted by molar-refractivity contribution is -0.126. The summed E-state index contributed by atoms with van der Waals surface area (Å²) < 4.78 is 0. The van der Waals surface area contributed by atoms with Crippen LogP contribution in [0, 0.1) is 11.8 Å². The lowest BCUT2D eigenvalue weighted by Gasteiger charge is -2.26. The van der Waals surface area contributed by atoms with Crippen molar-refractivity contribution in [1.29, 1.82) is 0 Å². The molecular formula is C17H28N2O. The van der Waals surface area contributed by atoms with E-state index in [1.807, 2.05) is 13.8 Å². The van der Waals surface area contributed by atoms with Gasteiger partial charge in [0.15, 0.2) is 0 Å². The Morgan fingerprint density at radius 1 is 1.15 bits per heavy atom. The van der Waals surface area contributed by atoms with Gasteiger partial charge in [0.25, 0.3) is 0 Å². The molecule has 0 aliphatic rings. The minimum Gasteiger partial charge on any atom is -0.349 e. The molecule has 3 nitrogen and oxygen atoms in total. The number of carbonyl (C=O) groups is 1. The maximum atomic E-state index is 12.2. The van der Waals surface area contributed by atoms with Crippen molar-refractivity contribution in [3.05, 3.63) is 35.4 Å². The van der Waals surface area contributed by atoms with Crippen LogP contribution in [0.4, 0.5) is 0 Å². The lowest BCUT2D eigenvalue weighted by Crippen LogP contribution is -2.41. The van der Waals surface area contributed by atoms with Gasteiger partial charge >= 0.3 is 0 Å². The average molecular weight is 276 g/mol. The molecule has 0 aromatic heterocycles. The molecule has 0 aliphatic heterocycles. The molecule has 0 bridgehead atoms. The maximum absolute atomic E-state index is 12.2. The van der Waals surface area contributed by atoms with Crippen molar-refractivity contribution in [2.24, 2.45) is 17.6 Å². The van der Waals surface area contributed by atoms with E-state index in [0.29, 0.717) is 5.92 Å². The van der Waals surface area contributed by atoms with Gasteiger partial charge in [0.1, 0.15) is 0 Å². The fourth-order valence-electron chi connectivity index (χ4n) is 2.12. The molecule has 112 valence electrons. The van der Waals surface area contributed by atoms with Crippen LogP contribution in [0.5, 0.6) is 0 Å².